The molecule has 1 amide bonds. The Morgan fingerprint density at radius 3 is 2.50 bits per heavy atom. The van der Waals surface area contributed by atoms with Crippen molar-refractivity contribution in [2.45, 2.75) is 13.0 Å². The van der Waals surface area contributed by atoms with Crippen molar-refractivity contribution in [2.24, 2.45) is 0 Å². The molecule has 1 heterocycles. The monoisotopic (exact) mass is 489 g/mol. The summed E-state index contributed by atoms with van der Waals surface area (Å²) in [6, 6.07) is 22.8. The van der Waals surface area contributed by atoms with Gasteiger partial charge in [-0.05, 0) is 47.4 Å². The molecule has 0 unspecified atom stereocenters. The van der Waals surface area contributed by atoms with Crippen LogP contribution in [0.5, 0.6) is 5.75 Å². The maximum absolute atomic E-state index is 12.6. The fourth-order valence-electron chi connectivity index (χ4n) is 3.59. The number of rotatable bonds is 8. The zero-order valence-electron chi connectivity index (χ0n) is 18.1. The number of carbonyl (C=O) groups excluding carboxylic acids is 1. The molecule has 0 aliphatic heterocycles. The molecule has 0 atom stereocenters. The minimum Gasteiger partial charge on any atom is -0.486 e. The zero-order chi connectivity index (χ0) is 23.9. The quantitative estimate of drug-likeness (QED) is 0.224. The lowest BCUT2D eigenvalue weighted by Gasteiger charge is -2.11. The molecule has 0 fully saturated rings. The Labute approximate surface area is 207 Å². The van der Waals surface area contributed by atoms with Gasteiger partial charge in [0.2, 0.25) is 0 Å². The Kier molecular flexibility index (Phi) is 7.54. The highest BCUT2D eigenvalue weighted by molar-refractivity contribution is 6.37. The molecule has 2 N–H and O–H groups in total. The van der Waals surface area contributed by atoms with Crippen molar-refractivity contribution < 1.29 is 9.53 Å². The number of fused-ring (bicyclic) bond motifs is 1. The van der Waals surface area contributed by atoms with Gasteiger partial charge in [0, 0.05) is 23.6 Å². The van der Waals surface area contributed by atoms with Crippen molar-refractivity contribution in [3.05, 3.63) is 105 Å². The van der Waals surface area contributed by atoms with Gasteiger partial charge < -0.3 is 15.0 Å². The SMILES string of the molecule is N#C/C(=C/c1cc(Cl)c(OCc2ccccc2)c(Cl)c1)C(=O)NCCc1c[nH]c2ccccc12. The molecule has 0 bridgehead atoms. The number of nitrogens with zero attached hydrogens (tertiary/aromatic N) is 1. The molecule has 0 aliphatic rings. The third-order valence-corrected chi connectivity index (χ3v) is 5.84. The number of H-pyrrole nitrogens is 1. The fraction of sp³-hybridized carbons (Fsp3) is 0.111. The molecule has 0 radical (unpaired) electrons. The van der Waals surface area contributed by atoms with Crippen molar-refractivity contribution >= 4 is 46.1 Å². The highest BCUT2D eigenvalue weighted by atomic mass is 35.5. The van der Waals surface area contributed by atoms with Crippen LogP contribution >= 0.6 is 23.2 Å². The predicted octanol–water partition coefficient (Wildman–Crippen LogP) is 6.32. The Morgan fingerprint density at radius 2 is 1.76 bits per heavy atom. The van der Waals surface area contributed by atoms with E-state index in [0.29, 0.717) is 40.9 Å². The first-order chi connectivity index (χ1) is 16.5. The number of hydrogen-bond donors (Lipinski definition) is 2. The van der Waals surface area contributed by atoms with Crippen LogP contribution in [-0.2, 0) is 17.8 Å². The molecule has 7 heteroatoms. The molecule has 34 heavy (non-hydrogen) atoms. The third-order valence-electron chi connectivity index (χ3n) is 5.28. The Balaban J connectivity index is 1.40. The molecule has 4 rings (SSSR count). The maximum Gasteiger partial charge on any atom is 0.261 e. The Morgan fingerprint density at radius 1 is 1.06 bits per heavy atom. The highest BCUT2D eigenvalue weighted by Crippen LogP contribution is 2.35. The third kappa shape index (κ3) is 5.60. The summed E-state index contributed by atoms with van der Waals surface area (Å²) >= 11 is 12.7. The van der Waals surface area contributed by atoms with E-state index in [1.54, 1.807) is 12.1 Å². The van der Waals surface area contributed by atoms with Gasteiger partial charge in [0.25, 0.3) is 5.91 Å². The van der Waals surface area contributed by atoms with Gasteiger partial charge in [-0.25, -0.2) is 0 Å². The van der Waals surface area contributed by atoms with Crippen LogP contribution in [0.2, 0.25) is 10.0 Å². The summed E-state index contributed by atoms with van der Waals surface area (Å²) in [7, 11) is 0. The smallest absolute Gasteiger partial charge is 0.261 e. The predicted molar refractivity (Wildman–Crippen MR) is 136 cm³/mol. The van der Waals surface area contributed by atoms with Gasteiger partial charge in [-0.2, -0.15) is 5.26 Å². The molecule has 0 saturated carbocycles. The number of halogens is 2. The molecule has 170 valence electrons. The summed E-state index contributed by atoms with van der Waals surface area (Å²) in [5.41, 5.74) is 3.62. The van der Waals surface area contributed by atoms with Crippen LogP contribution in [0.4, 0.5) is 0 Å². The first kappa shape index (κ1) is 23.4. The fourth-order valence-corrected chi connectivity index (χ4v) is 4.20. The molecule has 0 aliphatic carbocycles. The maximum atomic E-state index is 12.6. The first-order valence-electron chi connectivity index (χ1n) is 10.7. The van der Waals surface area contributed by atoms with Gasteiger partial charge in [-0.15, -0.1) is 0 Å². The molecule has 1 aromatic heterocycles. The van der Waals surface area contributed by atoms with Crippen LogP contribution < -0.4 is 10.1 Å². The van der Waals surface area contributed by atoms with E-state index in [-0.39, 0.29) is 5.57 Å². The lowest BCUT2D eigenvalue weighted by molar-refractivity contribution is -0.117. The van der Waals surface area contributed by atoms with Crippen LogP contribution in [0.15, 0.2) is 78.5 Å². The average Bonchev–Trinajstić information content (AvgIpc) is 3.25. The summed E-state index contributed by atoms with van der Waals surface area (Å²) in [5.74, 6) is -0.106. The van der Waals surface area contributed by atoms with E-state index < -0.39 is 5.91 Å². The van der Waals surface area contributed by atoms with Crippen LogP contribution in [0.25, 0.3) is 17.0 Å². The Hall–Kier alpha value is -3.72. The molecular formula is C27H21Cl2N3O2. The average molecular weight is 490 g/mol. The Bertz CT molecular complexity index is 1370. The van der Waals surface area contributed by atoms with Crippen LogP contribution in [0.3, 0.4) is 0 Å². The van der Waals surface area contributed by atoms with Crippen molar-refractivity contribution in [3.63, 3.8) is 0 Å². The molecule has 0 spiro atoms. The number of carbonyl (C=O) groups is 1. The number of para-hydroxylation sites is 1. The summed E-state index contributed by atoms with van der Waals surface area (Å²) in [4.78, 5) is 15.8. The number of nitriles is 1. The van der Waals surface area contributed by atoms with E-state index in [9.17, 15) is 10.1 Å². The van der Waals surface area contributed by atoms with Crippen LogP contribution in [0, 0.1) is 11.3 Å². The molecule has 4 aromatic rings. The number of amides is 1. The van der Waals surface area contributed by atoms with Gasteiger partial charge in [0.1, 0.15) is 18.2 Å². The molecule has 3 aromatic carbocycles. The van der Waals surface area contributed by atoms with E-state index in [1.165, 1.54) is 6.08 Å². The van der Waals surface area contributed by atoms with Gasteiger partial charge in [0.05, 0.1) is 10.0 Å². The molecule has 0 saturated heterocycles. The number of aromatic amines is 1. The number of ether oxygens (including phenoxy) is 1. The first-order valence-corrected chi connectivity index (χ1v) is 11.4. The van der Waals surface area contributed by atoms with E-state index in [2.05, 4.69) is 10.3 Å². The van der Waals surface area contributed by atoms with Crippen molar-refractivity contribution in [3.8, 4) is 11.8 Å². The summed E-state index contributed by atoms with van der Waals surface area (Å²) < 4.78 is 5.77. The number of nitrogens with one attached hydrogen (secondary N) is 2. The lowest BCUT2D eigenvalue weighted by Crippen LogP contribution is -2.26. The second-order valence-corrected chi connectivity index (χ2v) is 8.44. The minimum absolute atomic E-state index is 0.0380. The summed E-state index contributed by atoms with van der Waals surface area (Å²) in [6.45, 7) is 0.714. The topological polar surface area (TPSA) is 77.9 Å². The lowest BCUT2D eigenvalue weighted by atomic mass is 10.1. The van der Waals surface area contributed by atoms with Gasteiger partial charge >= 0.3 is 0 Å². The van der Waals surface area contributed by atoms with Crippen molar-refractivity contribution in [1.82, 2.24) is 10.3 Å². The van der Waals surface area contributed by atoms with E-state index in [1.807, 2.05) is 66.9 Å². The minimum atomic E-state index is -0.459. The number of benzene rings is 3. The van der Waals surface area contributed by atoms with Crippen molar-refractivity contribution in [1.29, 1.82) is 5.26 Å². The normalized spacial score (nSPS) is 11.3. The molecular weight excluding hydrogens is 469 g/mol. The molecule has 5 nitrogen and oxygen atoms in total. The summed E-state index contributed by atoms with van der Waals surface area (Å²) in [5, 5.41) is 14.0. The van der Waals surface area contributed by atoms with Crippen LogP contribution in [0.1, 0.15) is 16.7 Å². The standard InChI is InChI=1S/C27H21Cl2N3O2/c28-23-13-19(14-24(29)26(23)34-17-18-6-2-1-3-7-18)12-21(15-30)27(33)31-11-10-20-16-32-25-9-5-4-8-22(20)25/h1-9,12-14,16,32H,10-11,17H2,(H,31,33)/b21-12-. The van der Waals surface area contributed by atoms with Crippen molar-refractivity contribution in [2.75, 3.05) is 6.54 Å². The van der Waals surface area contributed by atoms with Gasteiger partial charge in [0.15, 0.2) is 5.75 Å². The van der Waals surface area contributed by atoms with Crippen LogP contribution in [-0.4, -0.2) is 17.4 Å². The largest absolute Gasteiger partial charge is 0.486 e. The van der Waals surface area contributed by atoms with Gasteiger partial charge in [-0.1, -0.05) is 71.7 Å². The van der Waals surface area contributed by atoms with E-state index in [0.717, 1.165) is 22.0 Å². The highest BCUT2D eigenvalue weighted by Gasteiger charge is 2.13. The van der Waals surface area contributed by atoms with E-state index >= 15 is 0 Å². The number of hydrogen-bond acceptors (Lipinski definition) is 3. The zero-order valence-corrected chi connectivity index (χ0v) is 19.7. The second-order valence-electron chi connectivity index (χ2n) is 7.62. The second kappa shape index (κ2) is 10.9. The summed E-state index contributed by atoms with van der Waals surface area (Å²) in [6.07, 6.45) is 4.03. The van der Waals surface area contributed by atoms with E-state index in [4.69, 9.17) is 27.9 Å². The van der Waals surface area contributed by atoms with Gasteiger partial charge in [-0.3, -0.25) is 4.79 Å². The number of aromatic nitrogens is 1.